The number of ether oxygens (including phenoxy) is 1. The molecule has 1 aliphatic rings. The first kappa shape index (κ1) is 21.3. The number of benzene rings is 3. The van der Waals surface area contributed by atoms with E-state index in [1.807, 2.05) is 0 Å². The normalized spacial score (nSPS) is 14.2. The Hall–Kier alpha value is -2.92. The maximum atomic E-state index is 11.1. The third kappa shape index (κ3) is 5.23. The van der Waals surface area contributed by atoms with Crippen LogP contribution in [0.15, 0.2) is 71.6 Å². The summed E-state index contributed by atoms with van der Waals surface area (Å²) < 4.78 is 8.56. The molecule has 0 aliphatic heterocycles. The average molecular weight is 434 g/mol. The van der Waals surface area contributed by atoms with Gasteiger partial charge in [0.05, 0.1) is 18.4 Å². The second-order valence-corrected chi connectivity index (χ2v) is 8.79. The molecule has 0 radical (unpaired) electrons. The van der Waals surface area contributed by atoms with E-state index in [2.05, 4.69) is 53.3 Å². The highest BCUT2D eigenvalue weighted by molar-refractivity contribution is 8.00. The topological polar surface area (TPSA) is 58.6 Å². The lowest BCUT2D eigenvalue weighted by Crippen LogP contribution is -2.04. The molecule has 0 amide bonds. The SMILES string of the molecule is COc1cc(C(=O)O)ccc1NSc1ccc(-c2ccc(C3CCCCC3)cc2)cc1. The number of carbonyl (C=O) groups is 1. The van der Waals surface area contributed by atoms with E-state index < -0.39 is 5.97 Å². The highest BCUT2D eigenvalue weighted by atomic mass is 32.2. The van der Waals surface area contributed by atoms with Crippen molar-refractivity contribution in [2.45, 2.75) is 42.9 Å². The van der Waals surface area contributed by atoms with Crippen LogP contribution in [-0.2, 0) is 0 Å². The Morgan fingerprint density at radius 1 is 0.935 bits per heavy atom. The molecule has 4 rings (SSSR count). The molecule has 1 aliphatic carbocycles. The quantitative estimate of drug-likeness (QED) is 0.385. The smallest absolute Gasteiger partial charge is 0.335 e. The molecule has 0 aromatic heterocycles. The van der Waals surface area contributed by atoms with Crippen LogP contribution in [0.5, 0.6) is 5.75 Å². The fourth-order valence-electron chi connectivity index (χ4n) is 4.12. The van der Waals surface area contributed by atoms with Crippen LogP contribution in [0.4, 0.5) is 5.69 Å². The van der Waals surface area contributed by atoms with Crippen molar-refractivity contribution in [1.29, 1.82) is 0 Å². The zero-order valence-corrected chi connectivity index (χ0v) is 18.5. The van der Waals surface area contributed by atoms with Gasteiger partial charge in [0.1, 0.15) is 5.75 Å². The highest BCUT2D eigenvalue weighted by Gasteiger charge is 2.15. The summed E-state index contributed by atoms with van der Waals surface area (Å²) in [5.74, 6) is 0.260. The van der Waals surface area contributed by atoms with Crippen LogP contribution in [-0.4, -0.2) is 18.2 Å². The molecule has 3 aromatic rings. The third-order valence-electron chi connectivity index (χ3n) is 5.90. The van der Waals surface area contributed by atoms with Gasteiger partial charge in [-0.05, 0) is 77.7 Å². The Kier molecular flexibility index (Phi) is 6.82. The Morgan fingerprint density at radius 2 is 1.58 bits per heavy atom. The minimum absolute atomic E-state index is 0.200. The lowest BCUT2D eigenvalue weighted by molar-refractivity contribution is 0.0696. The average Bonchev–Trinajstić information content (AvgIpc) is 2.83. The van der Waals surface area contributed by atoms with E-state index >= 15 is 0 Å². The van der Waals surface area contributed by atoms with Crippen LogP contribution in [0.25, 0.3) is 11.1 Å². The molecule has 1 saturated carbocycles. The molecular formula is C26H27NO3S. The molecule has 0 unspecified atom stereocenters. The van der Waals surface area contributed by atoms with Crippen molar-refractivity contribution in [3.05, 3.63) is 77.9 Å². The summed E-state index contributed by atoms with van der Waals surface area (Å²) in [5, 5.41) is 9.12. The Bertz CT molecular complexity index is 1030. The number of anilines is 1. The molecule has 4 nitrogen and oxygen atoms in total. The molecule has 3 aromatic carbocycles. The van der Waals surface area contributed by atoms with E-state index in [4.69, 9.17) is 9.84 Å². The van der Waals surface area contributed by atoms with E-state index in [0.717, 1.165) is 16.5 Å². The summed E-state index contributed by atoms with van der Waals surface area (Å²) in [4.78, 5) is 12.2. The predicted molar refractivity (Wildman–Crippen MR) is 127 cm³/mol. The maximum absolute atomic E-state index is 11.1. The first-order valence-corrected chi connectivity index (χ1v) is 11.5. The molecule has 5 heteroatoms. The summed E-state index contributed by atoms with van der Waals surface area (Å²) in [6.45, 7) is 0. The second kappa shape index (κ2) is 9.92. The summed E-state index contributed by atoms with van der Waals surface area (Å²) in [7, 11) is 1.53. The van der Waals surface area contributed by atoms with Crippen LogP contribution >= 0.6 is 11.9 Å². The van der Waals surface area contributed by atoms with Crippen molar-refractivity contribution in [3.63, 3.8) is 0 Å². The molecule has 2 N–H and O–H groups in total. The van der Waals surface area contributed by atoms with Gasteiger partial charge in [0, 0.05) is 4.90 Å². The third-order valence-corrected chi connectivity index (χ3v) is 6.73. The number of hydrogen-bond acceptors (Lipinski definition) is 4. The van der Waals surface area contributed by atoms with Crippen molar-refractivity contribution in [2.75, 3.05) is 11.8 Å². The number of carboxylic acid groups (broad SMARTS) is 1. The van der Waals surface area contributed by atoms with Gasteiger partial charge in [-0.15, -0.1) is 0 Å². The van der Waals surface area contributed by atoms with Gasteiger partial charge in [0.2, 0.25) is 0 Å². The number of methoxy groups -OCH3 is 1. The zero-order chi connectivity index (χ0) is 21.6. The summed E-state index contributed by atoms with van der Waals surface area (Å²) in [5.41, 5.74) is 4.84. The lowest BCUT2D eigenvalue weighted by atomic mass is 9.84. The van der Waals surface area contributed by atoms with Crippen LogP contribution < -0.4 is 9.46 Å². The van der Waals surface area contributed by atoms with Crippen LogP contribution in [0.3, 0.4) is 0 Å². The standard InChI is InChI=1S/C26H27NO3S/c1-30-25-17-22(26(28)29)13-16-24(25)27-31-23-14-11-21(12-15-23)20-9-7-19(8-10-20)18-5-3-2-4-6-18/h7-18,27H,2-6H2,1H3,(H,28,29). The first-order valence-electron chi connectivity index (χ1n) is 10.7. The van der Waals surface area contributed by atoms with Crippen molar-refractivity contribution in [1.82, 2.24) is 0 Å². The second-order valence-electron chi connectivity index (χ2n) is 7.91. The Morgan fingerprint density at radius 3 is 2.19 bits per heavy atom. The van der Waals surface area contributed by atoms with Crippen molar-refractivity contribution in [3.8, 4) is 16.9 Å². The van der Waals surface area contributed by atoms with Gasteiger partial charge >= 0.3 is 5.97 Å². The van der Waals surface area contributed by atoms with Crippen molar-refractivity contribution >= 4 is 23.6 Å². The molecule has 1 fully saturated rings. The number of carboxylic acids is 1. The number of rotatable bonds is 7. The van der Waals surface area contributed by atoms with Gasteiger partial charge in [-0.3, -0.25) is 0 Å². The lowest BCUT2D eigenvalue weighted by Gasteiger charge is -2.22. The first-order chi connectivity index (χ1) is 15.1. The minimum atomic E-state index is -0.972. The monoisotopic (exact) mass is 433 g/mol. The van der Waals surface area contributed by atoms with Crippen LogP contribution in [0.1, 0.15) is 53.9 Å². The zero-order valence-electron chi connectivity index (χ0n) is 17.6. The van der Waals surface area contributed by atoms with E-state index in [9.17, 15) is 4.79 Å². The van der Waals surface area contributed by atoms with Crippen molar-refractivity contribution < 1.29 is 14.6 Å². The van der Waals surface area contributed by atoms with Crippen LogP contribution in [0.2, 0.25) is 0 Å². The van der Waals surface area contributed by atoms with Gasteiger partial charge in [0.15, 0.2) is 0 Å². The van der Waals surface area contributed by atoms with E-state index in [0.29, 0.717) is 5.75 Å². The van der Waals surface area contributed by atoms with E-state index in [1.165, 1.54) is 73.9 Å². The molecule has 0 saturated heterocycles. The summed E-state index contributed by atoms with van der Waals surface area (Å²) in [6, 6.07) is 22.3. The fraction of sp³-hybridized carbons (Fsp3) is 0.269. The van der Waals surface area contributed by atoms with Gasteiger partial charge in [-0.1, -0.05) is 55.7 Å². The largest absolute Gasteiger partial charge is 0.495 e. The number of hydrogen-bond donors (Lipinski definition) is 2. The maximum Gasteiger partial charge on any atom is 0.335 e. The van der Waals surface area contributed by atoms with E-state index in [-0.39, 0.29) is 5.56 Å². The van der Waals surface area contributed by atoms with Gasteiger partial charge in [-0.2, -0.15) is 0 Å². The van der Waals surface area contributed by atoms with Crippen LogP contribution in [0, 0.1) is 0 Å². The molecule has 0 atom stereocenters. The fourth-order valence-corrected chi connectivity index (χ4v) is 4.79. The molecule has 0 spiro atoms. The molecule has 0 bridgehead atoms. The summed E-state index contributed by atoms with van der Waals surface area (Å²) >= 11 is 1.47. The van der Waals surface area contributed by atoms with Gasteiger partial charge in [-0.25, -0.2) is 4.79 Å². The van der Waals surface area contributed by atoms with Gasteiger partial charge in [0.25, 0.3) is 0 Å². The number of aromatic carboxylic acids is 1. The molecule has 0 heterocycles. The van der Waals surface area contributed by atoms with E-state index in [1.54, 1.807) is 12.1 Å². The van der Waals surface area contributed by atoms with Gasteiger partial charge < -0.3 is 14.6 Å². The highest BCUT2D eigenvalue weighted by Crippen LogP contribution is 2.34. The number of nitrogens with one attached hydrogen (secondary N) is 1. The minimum Gasteiger partial charge on any atom is -0.495 e. The molecule has 31 heavy (non-hydrogen) atoms. The Labute approximate surface area is 187 Å². The summed E-state index contributed by atoms with van der Waals surface area (Å²) in [6.07, 6.45) is 6.74. The van der Waals surface area contributed by atoms with Crippen molar-refractivity contribution in [2.24, 2.45) is 0 Å². The predicted octanol–water partition coefficient (Wildman–Crippen LogP) is 7.23. The molecule has 160 valence electrons. The molecular weight excluding hydrogens is 406 g/mol. The Balaban J connectivity index is 1.40.